The third kappa shape index (κ3) is 2.59. The Morgan fingerprint density at radius 3 is 2.45 bits per heavy atom. The van der Waals surface area contributed by atoms with Crippen LogP contribution in [0, 0.1) is 0 Å². The topological polar surface area (TPSA) is 27.1 Å². The standard InChI is InChI=1S/C14H11Cl2F3N2O/c1-22-12-3-2-11-8(12)6-21(20-11)13-9(15)4-7(5-10(13)16)14(17,18)19/h4-6,12H,2-3H2,1H3. The molecule has 0 aliphatic heterocycles. The first-order valence-electron chi connectivity index (χ1n) is 6.49. The summed E-state index contributed by atoms with van der Waals surface area (Å²) in [6.45, 7) is 0. The van der Waals surface area contributed by atoms with Crippen molar-refractivity contribution in [3.63, 3.8) is 0 Å². The van der Waals surface area contributed by atoms with Crippen LogP contribution in [0.3, 0.4) is 0 Å². The minimum Gasteiger partial charge on any atom is -0.377 e. The molecule has 1 atom stereocenters. The number of hydrogen-bond acceptors (Lipinski definition) is 2. The molecule has 0 spiro atoms. The lowest BCUT2D eigenvalue weighted by atomic mass is 10.2. The lowest BCUT2D eigenvalue weighted by Crippen LogP contribution is -2.07. The summed E-state index contributed by atoms with van der Waals surface area (Å²) in [7, 11) is 1.61. The van der Waals surface area contributed by atoms with Gasteiger partial charge in [-0.25, -0.2) is 4.68 Å². The average Bonchev–Trinajstić information content (AvgIpc) is 2.96. The molecular formula is C14H11Cl2F3N2O. The maximum Gasteiger partial charge on any atom is 0.416 e. The molecule has 0 saturated carbocycles. The van der Waals surface area contributed by atoms with Crippen molar-refractivity contribution in [1.82, 2.24) is 9.78 Å². The van der Waals surface area contributed by atoms with Gasteiger partial charge < -0.3 is 4.74 Å². The maximum atomic E-state index is 12.8. The Labute approximate surface area is 134 Å². The zero-order valence-electron chi connectivity index (χ0n) is 11.4. The zero-order valence-corrected chi connectivity index (χ0v) is 12.9. The predicted octanol–water partition coefficient (Wildman–Crippen LogP) is 4.83. The second-order valence-corrected chi connectivity index (χ2v) is 5.84. The monoisotopic (exact) mass is 350 g/mol. The fourth-order valence-corrected chi connectivity index (χ4v) is 3.28. The van der Waals surface area contributed by atoms with E-state index in [0.717, 1.165) is 36.2 Å². The molecule has 0 fully saturated rings. The van der Waals surface area contributed by atoms with E-state index in [2.05, 4.69) is 5.10 Å². The van der Waals surface area contributed by atoms with Gasteiger partial charge in [-0.1, -0.05) is 23.2 Å². The summed E-state index contributed by atoms with van der Waals surface area (Å²) in [5, 5.41) is 4.16. The van der Waals surface area contributed by atoms with E-state index in [9.17, 15) is 13.2 Å². The summed E-state index contributed by atoms with van der Waals surface area (Å²) < 4.78 is 45.0. The molecule has 0 saturated heterocycles. The SMILES string of the molecule is COC1CCc2nn(-c3c(Cl)cc(C(F)(F)F)cc3Cl)cc21. The van der Waals surface area contributed by atoms with E-state index >= 15 is 0 Å². The van der Waals surface area contributed by atoms with Crippen LogP contribution in [0.4, 0.5) is 13.2 Å². The molecule has 0 radical (unpaired) electrons. The number of benzene rings is 1. The van der Waals surface area contributed by atoms with E-state index in [1.807, 2.05) is 0 Å². The Morgan fingerprint density at radius 2 is 1.91 bits per heavy atom. The van der Waals surface area contributed by atoms with Crippen molar-refractivity contribution >= 4 is 23.2 Å². The van der Waals surface area contributed by atoms with Crippen LogP contribution in [0.2, 0.25) is 10.0 Å². The van der Waals surface area contributed by atoms with Crippen molar-refractivity contribution in [2.75, 3.05) is 7.11 Å². The van der Waals surface area contributed by atoms with Crippen molar-refractivity contribution in [2.24, 2.45) is 0 Å². The molecule has 2 aromatic rings. The fraction of sp³-hybridized carbons (Fsp3) is 0.357. The number of halogens is 5. The number of nitrogens with zero attached hydrogens (tertiary/aromatic N) is 2. The van der Waals surface area contributed by atoms with Gasteiger partial charge in [0.1, 0.15) is 5.69 Å². The molecule has 0 amide bonds. The van der Waals surface area contributed by atoms with E-state index in [0.29, 0.717) is 0 Å². The van der Waals surface area contributed by atoms with Crippen LogP contribution in [0.5, 0.6) is 0 Å². The summed E-state index contributed by atoms with van der Waals surface area (Å²) in [4.78, 5) is 0. The van der Waals surface area contributed by atoms with Crippen LogP contribution < -0.4 is 0 Å². The molecule has 1 aromatic carbocycles. The van der Waals surface area contributed by atoms with Crippen molar-refractivity contribution in [3.05, 3.63) is 45.2 Å². The van der Waals surface area contributed by atoms with E-state index < -0.39 is 11.7 Å². The normalized spacial score (nSPS) is 17.8. The summed E-state index contributed by atoms with van der Waals surface area (Å²) >= 11 is 12.0. The Balaban J connectivity index is 2.07. The van der Waals surface area contributed by atoms with Crippen LogP contribution >= 0.6 is 23.2 Å². The lowest BCUT2D eigenvalue weighted by molar-refractivity contribution is -0.137. The summed E-state index contributed by atoms with van der Waals surface area (Å²) in [6.07, 6.45) is -1.27. The van der Waals surface area contributed by atoms with E-state index in [-0.39, 0.29) is 21.8 Å². The molecule has 22 heavy (non-hydrogen) atoms. The number of aryl methyl sites for hydroxylation is 1. The van der Waals surface area contributed by atoms with Crippen molar-refractivity contribution in [1.29, 1.82) is 0 Å². The van der Waals surface area contributed by atoms with Crippen molar-refractivity contribution < 1.29 is 17.9 Å². The number of alkyl halides is 3. The Morgan fingerprint density at radius 1 is 1.27 bits per heavy atom. The predicted molar refractivity (Wildman–Crippen MR) is 76.7 cm³/mol. The Hall–Kier alpha value is -1.24. The number of hydrogen-bond donors (Lipinski definition) is 0. The Bertz CT molecular complexity index is 704. The third-order valence-corrected chi connectivity index (χ3v) is 4.25. The van der Waals surface area contributed by atoms with Crippen LogP contribution in [0.15, 0.2) is 18.3 Å². The number of fused-ring (bicyclic) bond motifs is 1. The number of aromatic nitrogens is 2. The van der Waals surface area contributed by atoms with Crippen LogP contribution in [0.25, 0.3) is 5.69 Å². The minimum absolute atomic E-state index is 0.0595. The molecule has 3 nitrogen and oxygen atoms in total. The van der Waals surface area contributed by atoms with Gasteiger partial charge in [-0.3, -0.25) is 0 Å². The molecule has 3 rings (SSSR count). The number of methoxy groups -OCH3 is 1. The molecule has 1 aliphatic rings. The zero-order chi connectivity index (χ0) is 16.1. The number of rotatable bonds is 2. The summed E-state index contributed by atoms with van der Waals surface area (Å²) in [5.41, 5.74) is 1.11. The van der Waals surface area contributed by atoms with E-state index in [4.69, 9.17) is 27.9 Å². The Kier molecular flexibility index (Phi) is 3.87. The maximum absolute atomic E-state index is 12.8. The van der Waals surface area contributed by atoms with Gasteiger partial charge in [0.25, 0.3) is 0 Å². The van der Waals surface area contributed by atoms with Gasteiger partial charge in [0.15, 0.2) is 0 Å². The van der Waals surface area contributed by atoms with Gasteiger partial charge in [-0.15, -0.1) is 0 Å². The van der Waals surface area contributed by atoms with Crippen LogP contribution in [0.1, 0.15) is 29.3 Å². The van der Waals surface area contributed by atoms with E-state index in [1.165, 1.54) is 4.68 Å². The van der Waals surface area contributed by atoms with Crippen molar-refractivity contribution in [3.8, 4) is 5.69 Å². The largest absolute Gasteiger partial charge is 0.416 e. The molecule has 8 heteroatoms. The average molecular weight is 351 g/mol. The highest BCUT2D eigenvalue weighted by molar-refractivity contribution is 6.37. The first kappa shape index (κ1) is 15.6. The molecular weight excluding hydrogens is 340 g/mol. The number of ether oxygens (including phenoxy) is 1. The highest BCUT2D eigenvalue weighted by Gasteiger charge is 2.33. The van der Waals surface area contributed by atoms with Gasteiger partial charge in [-0.05, 0) is 25.0 Å². The first-order chi connectivity index (χ1) is 10.3. The minimum atomic E-state index is -4.50. The smallest absolute Gasteiger partial charge is 0.377 e. The summed E-state index contributed by atoms with van der Waals surface area (Å²) in [6, 6.07) is 1.70. The van der Waals surface area contributed by atoms with Gasteiger partial charge in [0.2, 0.25) is 0 Å². The van der Waals surface area contributed by atoms with Crippen LogP contribution in [-0.2, 0) is 17.3 Å². The van der Waals surface area contributed by atoms with Crippen molar-refractivity contribution in [2.45, 2.75) is 25.1 Å². The van der Waals surface area contributed by atoms with Crippen LogP contribution in [-0.4, -0.2) is 16.9 Å². The van der Waals surface area contributed by atoms with E-state index in [1.54, 1.807) is 13.3 Å². The molecule has 1 aromatic heterocycles. The fourth-order valence-electron chi connectivity index (χ4n) is 2.62. The third-order valence-electron chi connectivity index (χ3n) is 3.67. The molecule has 118 valence electrons. The first-order valence-corrected chi connectivity index (χ1v) is 7.24. The highest BCUT2D eigenvalue weighted by atomic mass is 35.5. The second-order valence-electron chi connectivity index (χ2n) is 5.02. The molecule has 1 aliphatic carbocycles. The molecule has 1 heterocycles. The van der Waals surface area contributed by atoms with Gasteiger partial charge >= 0.3 is 6.18 Å². The summed E-state index contributed by atoms with van der Waals surface area (Å²) in [5.74, 6) is 0. The van der Waals surface area contributed by atoms with Gasteiger partial charge in [-0.2, -0.15) is 18.3 Å². The van der Waals surface area contributed by atoms with Gasteiger partial charge in [0, 0.05) is 18.9 Å². The van der Waals surface area contributed by atoms with Gasteiger partial charge in [0.05, 0.1) is 27.4 Å². The second kappa shape index (κ2) is 5.44. The molecule has 0 bridgehead atoms. The lowest BCUT2D eigenvalue weighted by Gasteiger charge is -2.13. The molecule has 1 unspecified atom stereocenters. The quantitative estimate of drug-likeness (QED) is 0.775. The molecule has 0 N–H and O–H groups in total. The highest BCUT2D eigenvalue weighted by Crippen LogP contribution is 2.39.